The topological polar surface area (TPSA) is 99.2 Å². The molecule has 3 aromatic rings. The molecule has 0 amide bonds. The van der Waals surface area contributed by atoms with Gasteiger partial charge in [0.2, 0.25) is 0 Å². The molecule has 5 rings (SSSR count). The first-order chi connectivity index (χ1) is 12.1. The minimum atomic E-state index is -0.524. The zero-order chi connectivity index (χ0) is 17.0. The van der Waals surface area contributed by atoms with Crippen LogP contribution in [0.4, 0.5) is 5.69 Å². The summed E-state index contributed by atoms with van der Waals surface area (Å²) in [6.45, 7) is 2.02. The highest BCUT2D eigenvalue weighted by atomic mass is 16.2. The maximum Gasteiger partial charge on any atom is 0.325 e. The van der Waals surface area contributed by atoms with E-state index in [9.17, 15) is 9.59 Å². The van der Waals surface area contributed by atoms with Gasteiger partial charge in [0.25, 0.3) is 5.56 Å². The lowest BCUT2D eigenvalue weighted by Crippen LogP contribution is -2.33. The Morgan fingerprint density at radius 2 is 2.08 bits per heavy atom. The van der Waals surface area contributed by atoms with Crippen molar-refractivity contribution in [3.8, 4) is 11.3 Å². The molecule has 1 saturated carbocycles. The van der Waals surface area contributed by atoms with Gasteiger partial charge < -0.3 is 9.88 Å². The second-order valence-corrected chi connectivity index (χ2v) is 7.12. The van der Waals surface area contributed by atoms with Crippen LogP contribution < -0.4 is 16.1 Å². The number of imidazole rings is 1. The largest absolute Gasteiger partial charge is 0.368 e. The van der Waals surface area contributed by atoms with E-state index >= 15 is 0 Å². The normalized spacial score (nSPS) is 18.8. The first-order valence-corrected chi connectivity index (χ1v) is 8.55. The van der Waals surface area contributed by atoms with Gasteiger partial charge in [0, 0.05) is 31.7 Å². The number of nitrogens with one attached hydrogen (secondary N) is 2. The quantitative estimate of drug-likeness (QED) is 0.730. The van der Waals surface area contributed by atoms with Gasteiger partial charge in [-0.2, -0.15) is 5.10 Å². The lowest BCUT2D eigenvalue weighted by Gasteiger charge is -2.38. The summed E-state index contributed by atoms with van der Waals surface area (Å²) in [6, 6.07) is 1.91. The minimum Gasteiger partial charge on any atom is -0.368 e. The predicted molar refractivity (Wildman–Crippen MR) is 92.8 cm³/mol. The molecule has 2 N–H and O–H groups in total. The molecule has 128 valence electrons. The first-order valence-electron chi connectivity index (χ1n) is 8.55. The number of hydrogen-bond acceptors (Lipinski definition) is 5. The van der Waals surface area contributed by atoms with Gasteiger partial charge in [-0.05, 0) is 30.7 Å². The zero-order valence-electron chi connectivity index (χ0n) is 13.7. The van der Waals surface area contributed by atoms with E-state index in [1.54, 1.807) is 16.9 Å². The van der Waals surface area contributed by atoms with Crippen LogP contribution in [0.2, 0.25) is 0 Å². The molecular weight excluding hydrogens is 320 g/mol. The maximum absolute atomic E-state index is 12.2. The summed E-state index contributed by atoms with van der Waals surface area (Å²) in [6.07, 6.45) is 10.0. The van der Waals surface area contributed by atoms with E-state index in [0.29, 0.717) is 16.7 Å². The van der Waals surface area contributed by atoms with E-state index in [0.717, 1.165) is 24.4 Å². The fourth-order valence-electron chi connectivity index (χ4n) is 4.09. The van der Waals surface area contributed by atoms with Crippen molar-refractivity contribution in [3.05, 3.63) is 45.5 Å². The Morgan fingerprint density at radius 1 is 1.20 bits per heavy atom. The number of rotatable bonds is 2. The lowest BCUT2D eigenvalue weighted by molar-refractivity contribution is 0.165. The second-order valence-electron chi connectivity index (χ2n) is 7.12. The van der Waals surface area contributed by atoms with Crippen LogP contribution in [0, 0.1) is 5.41 Å². The molecule has 0 atom stereocenters. The van der Waals surface area contributed by atoms with E-state index in [4.69, 9.17) is 0 Å². The third-order valence-electron chi connectivity index (χ3n) is 5.63. The van der Waals surface area contributed by atoms with Gasteiger partial charge in [-0.3, -0.25) is 9.78 Å². The molecule has 25 heavy (non-hydrogen) atoms. The molecule has 1 saturated heterocycles. The van der Waals surface area contributed by atoms with Crippen molar-refractivity contribution in [3.63, 3.8) is 0 Å². The highest BCUT2D eigenvalue weighted by Gasteiger charge is 2.43. The van der Waals surface area contributed by atoms with Crippen molar-refractivity contribution in [1.82, 2.24) is 24.6 Å². The van der Waals surface area contributed by atoms with Crippen LogP contribution in [0.3, 0.4) is 0 Å². The van der Waals surface area contributed by atoms with Crippen LogP contribution in [0.15, 0.2) is 34.2 Å². The van der Waals surface area contributed by atoms with Gasteiger partial charge in [0.1, 0.15) is 5.69 Å². The first kappa shape index (κ1) is 14.4. The molecule has 1 aliphatic heterocycles. The van der Waals surface area contributed by atoms with Crippen LogP contribution in [-0.2, 0) is 0 Å². The lowest BCUT2D eigenvalue weighted by atomic mass is 9.68. The van der Waals surface area contributed by atoms with Crippen LogP contribution in [0.5, 0.6) is 0 Å². The Hall–Kier alpha value is -2.90. The number of H-pyrrole nitrogens is 2. The summed E-state index contributed by atoms with van der Waals surface area (Å²) in [4.78, 5) is 35.0. The zero-order valence-corrected chi connectivity index (χ0v) is 13.7. The van der Waals surface area contributed by atoms with Crippen molar-refractivity contribution in [2.45, 2.75) is 25.7 Å². The highest BCUT2D eigenvalue weighted by molar-refractivity contribution is 5.74. The molecule has 0 aromatic carbocycles. The van der Waals surface area contributed by atoms with E-state index in [-0.39, 0.29) is 0 Å². The Balaban J connectivity index is 1.64. The summed E-state index contributed by atoms with van der Waals surface area (Å²) in [5, 5.41) is 4.48. The molecule has 4 heterocycles. The Bertz CT molecular complexity index is 1070. The third-order valence-corrected chi connectivity index (χ3v) is 5.63. The molecule has 0 radical (unpaired) electrons. The molecule has 8 heteroatoms. The van der Waals surface area contributed by atoms with Crippen LogP contribution >= 0.6 is 0 Å². The second kappa shape index (κ2) is 5.05. The van der Waals surface area contributed by atoms with Gasteiger partial charge in [-0.25, -0.2) is 14.3 Å². The summed E-state index contributed by atoms with van der Waals surface area (Å²) in [7, 11) is 0. The molecule has 1 spiro atoms. The summed E-state index contributed by atoms with van der Waals surface area (Å²) >= 11 is 0. The van der Waals surface area contributed by atoms with Crippen LogP contribution in [0.1, 0.15) is 25.7 Å². The van der Waals surface area contributed by atoms with Crippen molar-refractivity contribution in [2.24, 2.45) is 5.41 Å². The van der Waals surface area contributed by atoms with E-state index in [1.165, 1.54) is 31.9 Å². The van der Waals surface area contributed by atoms with Crippen molar-refractivity contribution in [1.29, 1.82) is 0 Å². The van der Waals surface area contributed by atoms with E-state index in [2.05, 4.69) is 25.0 Å². The highest BCUT2D eigenvalue weighted by Crippen LogP contribution is 2.49. The van der Waals surface area contributed by atoms with Gasteiger partial charge in [0.05, 0.1) is 11.3 Å². The van der Waals surface area contributed by atoms with Crippen LogP contribution in [-0.4, -0.2) is 37.7 Å². The standard InChI is InChI=1S/C17H18N6O2/c24-15-11(9-19-16(25)20-15)12-8-13(14-18-5-7-23(14)21-12)22-6-4-17(10-22)2-1-3-17/h5,7-9H,1-4,6,10H2,(H2,19,20,24,25). The molecule has 0 bridgehead atoms. The minimum absolute atomic E-state index is 0.342. The number of hydrogen-bond donors (Lipinski definition) is 2. The molecule has 1 aliphatic carbocycles. The molecular formula is C17H18N6O2. The van der Waals surface area contributed by atoms with Gasteiger partial charge in [-0.15, -0.1) is 0 Å². The molecule has 8 nitrogen and oxygen atoms in total. The van der Waals surface area contributed by atoms with Crippen molar-refractivity contribution >= 4 is 11.3 Å². The smallest absolute Gasteiger partial charge is 0.325 e. The molecule has 0 unspecified atom stereocenters. The average Bonchev–Trinajstić information content (AvgIpc) is 3.20. The third kappa shape index (κ3) is 2.20. The summed E-state index contributed by atoms with van der Waals surface area (Å²) in [5.74, 6) is 0. The summed E-state index contributed by atoms with van der Waals surface area (Å²) in [5.41, 5.74) is 2.14. The molecule has 2 fully saturated rings. The van der Waals surface area contributed by atoms with Gasteiger partial charge >= 0.3 is 5.69 Å². The van der Waals surface area contributed by atoms with Crippen molar-refractivity contribution in [2.75, 3.05) is 18.0 Å². The maximum atomic E-state index is 12.2. The van der Waals surface area contributed by atoms with E-state index < -0.39 is 11.2 Å². The fourth-order valence-corrected chi connectivity index (χ4v) is 4.09. The predicted octanol–water partition coefficient (Wildman–Crippen LogP) is 1.15. The Labute approximate surface area is 142 Å². The van der Waals surface area contributed by atoms with Gasteiger partial charge in [-0.1, -0.05) is 6.42 Å². The fraction of sp³-hybridized carbons (Fsp3) is 0.412. The van der Waals surface area contributed by atoms with Gasteiger partial charge in [0.15, 0.2) is 5.65 Å². The number of anilines is 1. The average molecular weight is 338 g/mol. The number of fused-ring (bicyclic) bond motifs is 1. The van der Waals surface area contributed by atoms with Crippen LogP contribution in [0.25, 0.3) is 16.9 Å². The van der Waals surface area contributed by atoms with Crippen molar-refractivity contribution < 1.29 is 0 Å². The molecule has 2 aliphatic rings. The number of aromatic nitrogens is 5. The Kier molecular flexibility index (Phi) is 2.92. The number of nitrogens with zero attached hydrogens (tertiary/aromatic N) is 4. The summed E-state index contributed by atoms with van der Waals surface area (Å²) < 4.78 is 1.70. The van der Waals surface area contributed by atoms with E-state index in [1.807, 2.05) is 6.07 Å². The Morgan fingerprint density at radius 3 is 2.80 bits per heavy atom. The molecule has 3 aromatic heterocycles. The SMILES string of the molecule is O=c1[nH]cc(-c2cc(N3CCC4(CCC4)C3)c3nccn3n2)c(=O)[nH]1. The number of aromatic amines is 2. The monoisotopic (exact) mass is 338 g/mol.